The van der Waals surface area contributed by atoms with Crippen LogP contribution in [0.1, 0.15) is 89.9 Å². The van der Waals surface area contributed by atoms with E-state index < -0.39 is 0 Å². The van der Waals surface area contributed by atoms with Gasteiger partial charge in [0.25, 0.3) is 0 Å². The van der Waals surface area contributed by atoms with Crippen molar-refractivity contribution in [2.45, 2.75) is 89.9 Å². The van der Waals surface area contributed by atoms with Crippen molar-refractivity contribution in [3.63, 3.8) is 0 Å². The van der Waals surface area contributed by atoms with Gasteiger partial charge in [0.15, 0.2) is 0 Å². The van der Waals surface area contributed by atoms with Crippen molar-refractivity contribution in [1.29, 1.82) is 0 Å². The van der Waals surface area contributed by atoms with Crippen LogP contribution in [0.2, 0.25) is 0 Å². The number of hydrogen-bond donors (Lipinski definition) is 0. The van der Waals surface area contributed by atoms with Gasteiger partial charge in [-0.05, 0) is 110 Å². The molecule has 0 aliphatic carbocycles. The second kappa shape index (κ2) is 84.1. The molecule has 0 spiro atoms. The van der Waals surface area contributed by atoms with Crippen LogP contribution in [0.15, 0.2) is 72.5 Å². The van der Waals surface area contributed by atoms with Crippen LogP contribution < -0.4 is 0 Å². The van der Waals surface area contributed by atoms with Crippen molar-refractivity contribution in [2.24, 2.45) is 41.4 Å². The molecule has 8 heterocycles. The predicted octanol–water partition coefficient (Wildman–Crippen LogP) is 21.2. The van der Waals surface area contributed by atoms with Crippen LogP contribution in [0, 0.1) is 41.4 Å². The van der Waals surface area contributed by atoms with E-state index in [0.29, 0.717) is 0 Å². The Morgan fingerprint density at radius 1 is 0.250 bits per heavy atom. The third-order valence-corrected chi connectivity index (χ3v) is 12.5. The van der Waals surface area contributed by atoms with E-state index in [-0.39, 0.29) is 148 Å². The zero-order valence-electron chi connectivity index (χ0n) is 64.2. The first kappa shape index (κ1) is 112. The van der Waals surface area contributed by atoms with Gasteiger partial charge in [0.05, 0.1) is 0 Å². The molecule has 0 aromatic heterocycles. The molecule has 8 rings (SSSR count). The summed E-state index contributed by atoms with van der Waals surface area (Å²) in [4.78, 5) is 0. The second-order valence-corrected chi connectivity index (χ2v) is 53.0. The summed E-state index contributed by atoms with van der Waals surface area (Å²) in [6, 6.07) is 0. The SMILES string of the molecule is C(=CC1CC[N-]CC1)C1CC[N-]CC1.C(=CC1CC[N-]CC1)C1CC[N-]CC1.C(=CC1CC[N-]CC1)C1CC[N-]CC1.C1=CC(C=CC2CC[N-]CC2)=CC[N-]1.C[PH+](C)C.C[PH+](C)C.C[PH+](C)C.C[PH+](C)C.C[PH+](C)C.C[PH+](C)C.C[PH+](C)C.C[PH+](C)C.[Pt+4].[Pt+4].[Pt+4].[Pt+4]. The molecule has 0 N–H and O–H groups in total. The Morgan fingerprint density at radius 3 is 0.522 bits per heavy atom. The average Bonchev–Trinajstić information content (AvgIpc) is 3.61. The summed E-state index contributed by atoms with van der Waals surface area (Å²) >= 11 is 0. The molecule has 0 saturated carbocycles. The van der Waals surface area contributed by atoms with Crippen molar-refractivity contribution in [1.82, 2.24) is 0 Å². The minimum Gasteiger partial charge on any atom is -0.687 e. The normalized spacial score (nSPS) is 19.1. The average molecular weight is 2160 g/mol. The van der Waals surface area contributed by atoms with E-state index in [1.807, 2.05) is 6.20 Å². The fourth-order valence-electron chi connectivity index (χ4n) is 8.48. The van der Waals surface area contributed by atoms with Gasteiger partial charge < -0.3 is 42.5 Å². The van der Waals surface area contributed by atoms with Crippen LogP contribution >= 0.6 is 63.4 Å². The maximum Gasteiger partial charge on any atom is 4.00 e. The van der Waals surface area contributed by atoms with E-state index in [1.165, 1.54) is 95.5 Å². The number of hydrogen-bond acceptors (Lipinski definition) is 0. The van der Waals surface area contributed by atoms with Gasteiger partial charge in [0.2, 0.25) is 0 Å². The van der Waals surface area contributed by atoms with Gasteiger partial charge >= 0.3 is 84.3 Å². The minimum absolute atomic E-state index is 0. The molecule has 20 heteroatoms. The Bertz CT molecular complexity index is 1340. The molecule has 0 amide bonds. The summed E-state index contributed by atoms with van der Waals surface area (Å²) in [6.07, 6.45) is 43.0. The number of allylic oxidation sites excluding steroid dienone is 10. The third kappa shape index (κ3) is 105. The largest absolute Gasteiger partial charge is 4.00 e. The standard InChI is InChI=1S/3C12H20N2.C12H16N2.8C3H9P.4Pt/c4*1(11-3-7-13-8-4-11)2-12-5-9-14-10-6-12;8*1-4(2)3;;;;/h3*1-2,11-12H,3-10H2;1-4,7,12H,5-6,8-10H2;8*1-3H3;;;;/q4*-2;;;;;;;;;4*+4/p+8. The van der Waals surface area contributed by atoms with E-state index in [4.69, 9.17) is 0 Å². The summed E-state index contributed by atoms with van der Waals surface area (Å²) in [7, 11) is 0.963. The molecule has 0 aromatic carbocycles. The molecular weight excluding hydrogens is 2000 g/mol. The van der Waals surface area contributed by atoms with Crippen LogP contribution in [0.25, 0.3) is 42.5 Å². The monoisotopic (exact) mass is 2160 g/mol. The van der Waals surface area contributed by atoms with Gasteiger partial charge in [-0.1, -0.05) is 151 Å². The van der Waals surface area contributed by atoms with Crippen LogP contribution in [0.5, 0.6) is 0 Å². The molecule has 7 saturated heterocycles. The van der Waals surface area contributed by atoms with Gasteiger partial charge in [0, 0.05) is 160 Å². The number of rotatable bonds is 8. The maximum absolute atomic E-state index is 4.37. The van der Waals surface area contributed by atoms with E-state index in [9.17, 15) is 0 Å². The zero-order chi connectivity index (χ0) is 67.2. The molecule has 0 unspecified atom stereocenters. The smallest absolute Gasteiger partial charge is 0.687 e. The van der Waals surface area contributed by atoms with Crippen LogP contribution in [-0.4, -0.2) is 258 Å². The Balaban J connectivity index is -0.000000146. The van der Waals surface area contributed by atoms with E-state index in [1.54, 1.807) is 0 Å². The zero-order valence-corrected chi connectivity index (χ0v) is 81.3. The first-order valence-corrected chi connectivity index (χ1v) is 59.0. The Morgan fingerprint density at radius 2 is 0.391 bits per heavy atom. The van der Waals surface area contributed by atoms with E-state index in [0.717, 1.165) is 140 Å². The third-order valence-electron chi connectivity index (χ3n) is 12.5. The van der Waals surface area contributed by atoms with Crippen molar-refractivity contribution >= 4 is 63.4 Å². The van der Waals surface area contributed by atoms with Gasteiger partial charge in [-0.25, -0.2) is 0 Å². The van der Waals surface area contributed by atoms with Crippen molar-refractivity contribution in [3.8, 4) is 0 Å². The van der Waals surface area contributed by atoms with Gasteiger partial charge in [0.1, 0.15) is 0 Å². The molecule has 7 fully saturated rings. The summed E-state index contributed by atoms with van der Waals surface area (Å²) < 4.78 is 0. The fraction of sp³-hybridized carbons (Fsp3) is 0.833. The molecule has 8 aliphatic heterocycles. The molecule has 92 heavy (non-hydrogen) atoms. The Labute approximate surface area is 645 Å². The summed E-state index contributed by atoms with van der Waals surface area (Å²) in [5.74, 6) is 5.61. The van der Waals surface area contributed by atoms with E-state index >= 15 is 0 Å². The van der Waals surface area contributed by atoms with Crippen LogP contribution in [0.3, 0.4) is 0 Å². The number of nitrogens with zero attached hydrogens (tertiary/aromatic N) is 8. The molecule has 0 bridgehead atoms. The Hall–Kier alpha value is 4.15. The minimum atomic E-state index is 0. The molecule has 0 radical (unpaired) electrons. The molecule has 0 aromatic rings. The predicted molar refractivity (Wildman–Crippen MR) is 451 cm³/mol. The topological polar surface area (TPSA) is 113 Å². The quantitative estimate of drug-likeness (QED) is 0.170. The van der Waals surface area contributed by atoms with Gasteiger partial charge in [-0.3, -0.25) is 0 Å². The maximum atomic E-state index is 4.37. The van der Waals surface area contributed by atoms with Crippen molar-refractivity contribution in [2.75, 3.05) is 258 Å². The molecule has 8 nitrogen and oxygen atoms in total. The van der Waals surface area contributed by atoms with Crippen molar-refractivity contribution in [3.05, 3.63) is 115 Å². The summed E-state index contributed by atoms with van der Waals surface area (Å²) in [6.45, 7) is 70.3. The summed E-state index contributed by atoms with van der Waals surface area (Å²) in [5.41, 5.74) is 1.29. The first-order valence-electron chi connectivity index (χ1n) is 35.0. The molecular formula is C72H156N8P8Pt4+16. The summed E-state index contributed by atoms with van der Waals surface area (Å²) in [5, 5.41) is 34.7. The molecule has 0 atom stereocenters. The second-order valence-electron chi connectivity index (χ2n) is 29.0. The van der Waals surface area contributed by atoms with Gasteiger partial charge in [-0.15, -0.1) is 98.2 Å². The molecule has 548 valence electrons. The fourth-order valence-corrected chi connectivity index (χ4v) is 8.48. The van der Waals surface area contributed by atoms with Crippen LogP contribution in [-0.2, 0) is 84.3 Å². The van der Waals surface area contributed by atoms with Gasteiger partial charge in [-0.2, -0.15) is 6.20 Å². The molecule has 8 aliphatic rings. The first-order chi connectivity index (χ1) is 41.7. The van der Waals surface area contributed by atoms with Crippen molar-refractivity contribution < 1.29 is 84.3 Å². The number of piperidine rings is 7. The van der Waals surface area contributed by atoms with Crippen LogP contribution in [0.4, 0.5) is 0 Å². The van der Waals surface area contributed by atoms with E-state index in [2.05, 4.69) is 263 Å². The Kier molecular flexibility index (Phi) is 102.